The minimum Gasteiger partial charge on any atom is -0.392 e. The molecule has 0 radical (unpaired) electrons. The minimum atomic E-state index is 0.00736. The van der Waals surface area contributed by atoms with Gasteiger partial charge in [-0.05, 0) is 30.5 Å². The van der Waals surface area contributed by atoms with E-state index in [-0.39, 0.29) is 6.61 Å². The Kier molecular flexibility index (Phi) is 1.97. The quantitative estimate of drug-likeness (QED) is 0.793. The van der Waals surface area contributed by atoms with Crippen LogP contribution >= 0.6 is 11.6 Å². The summed E-state index contributed by atoms with van der Waals surface area (Å²) in [5.74, 6) is 0. The van der Waals surface area contributed by atoms with Crippen molar-refractivity contribution in [2.75, 3.05) is 0 Å². The molecule has 2 aromatic heterocycles. The van der Waals surface area contributed by atoms with E-state index in [4.69, 9.17) is 11.6 Å². The Morgan fingerprint density at radius 3 is 3.00 bits per heavy atom. The second kappa shape index (κ2) is 3.22. The predicted octanol–water partition coefficient (Wildman–Crippen LogP) is 2.52. The fourth-order valence-electron chi connectivity index (χ4n) is 1.94. The van der Waals surface area contributed by atoms with Crippen molar-refractivity contribution in [3.63, 3.8) is 0 Å². The first kappa shape index (κ1) is 9.19. The summed E-state index contributed by atoms with van der Waals surface area (Å²) in [5, 5.41) is 10.7. The lowest BCUT2D eigenvalue weighted by molar-refractivity contribution is 0.283. The Balaban J connectivity index is 2.28. The van der Waals surface area contributed by atoms with Crippen LogP contribution < -0.4 is 0 Å². The van der Waals surface area contributed by atoms with Crippen molar-refractivity contribution < 1.29 is 5.11 Å². The number of pyridine rings is 1. The molecule has 2 heterocycles. The lowest BCUT2D eigenvalue weighted by Crippen LogP contribution is -1.95. The highest BCUT2D eigenvalue weighted by Gasteiger charge is 2.25. The monoisotopic (exact) mass is 222 g/mol. The van der Waals surface area contributed by atoms with E-state index in [2.05, 4.69) is 9.55 Å². The van der Waals surface area contributed by atoms with E-state index in [0.717, 1.165) is 16.6 Å². The van der Waals surface area contributed by atoms with Gasteiger partial charge in [-0.2, -0.15) is 0 Å². The van der Waals surface area contributed by atoms with Crippen molar-refractivity contribution >= 4 is 22.6 Å². The summed E-state index contributed by atoms with van der Waals surface area (Å²) >= 11 is 5.92. The largest absolute Gasteiger partial charge is 0.392 e. The molecular formula is C11H11ClN2O. The van der Waals surface area contributed by atoms with Crippen LogP contribution in [0.25, 0.3) is 11.0 Å². The van der Waals surface area contributed by atoms with E-state index in [9.17, 15) is 5.11 Å². The number of halogens is 1. The molecule has 1 aliphatic rings. The van der Waals surface area contributed by atoms with Crippen molar-refractivity contribution in [3.8, 4) is 0 Å². The number of nitrogens with zero attached hydrogens (tertiary/aromatic N) is 2. The number of aromatic nitrogens is 2. The zero-order chi connectivity index (χ0) is 10.4. The van der Waals surface area contributed by atoms with Crippen LogP contribution in [0, 0.1) is 0 Å². The summed E-state index contributed by atoms with van der Waals surface area (Å²) in [7, 11) is 0. The topological polar surface area (TPSA) is 38.1 Å². The van der Waals surface area contributed by atoms with Crippen LogP contribution in [0.1, 0.15) is 24.4 Å². The molecular weight excluding hydrogens is 212 g/mol. The first-order chi connectivity index (χ1) is 7.29. The van der Waals surface area contributed by atoms with Gasteiger partial charge in [0.05, 0.1) is 6.61 Å². The van der Waals surface area contributed by atoms with Gasteiger partial charge in [-0.25, -0.2) is 4.98 Å². The Bertz CT molecular complexity index is 517. The predicted molar refractivity (Wildman–Crippen MR) is 58.9 cm³/mol. The van der Waals surface area contributed by atoms with Crippen molar-refractivity contribution in [1.82, 2.24) is 9.55 Å². The van der Waals surface area contributed by atoms with Crippen molar-refractivity contribution in [2.45, 2.75) is 25.5 Å². The van der Waals surface area contributed by atoms with Crippen molar-refractivity contribution in [3.05, 3.63) is 29.0 Å². The van der Waals surface area contributed by atoms with Gasteiger partial charge in [-0.15, -0.1) is 0 Å². The van der Waals surface area contributed by atoms with E-state index in [1.54, 1.807) is 6.07 Å². The molecule has 3 nitrogen and oxygen atoms in total. The fourth-order valence-corrected chi connectivity index (χ4v) is 2.15. The number of rotatable bonds is 2. The molecule has 2 aromatic rings. The SMILES string of the molecule is OCc1cc(Cl)nc2c1ccn2C1CC1. The molecule has 0 bridgehead atoms. The summed E-state index contributed by atoms with van der Waals surface area (Å²) in [5.41, 5.74) is 1.75. The van der Waals surface area contributed by atoms with Crippen LogP contribution in [-0.4, -0.2) is 14.7 Å². The van der Waals surface area contributed by atoms with E-state index >= 15 is 0 Å². The average molecular weight is 223 g/mol. The van der Waals surface area contributed by atoms with Crippen LogP contribution in [0.3, 0.4) is 0 Å². The number of hydrogen-bond acceptors (Lipinski definition) is 2. The minimum absolute atomic E-state index is 0.00736. The van der Waals surface area contributed by atoms with E-state index in [0.29, 0.717) is 11.2 Å². The van der Waals surface area contributed by atoms with Gasteiger partial charge in [0.25, 0.3) is 0 Å². The number of fused-ring (bicyclic) bond motifs is 1. The van der Waals surface area contributed by atoms with E-state index < -0.39 is 0 Å². The average Bonchev–Trinajstić information content (AvgIpc) is 2.98. The highest BCUT2D eigenvalue weighted by atomic mass is 35.5. The molecule has 1 fully saturated rings. The molecule has 0 spiro atoms. The first-order valence-corrected chi connectivity index (χ1v) is 5.44. The zero-order valence-corrected chi connectivity index (χ0v) is 8.91. The molecule has 15 heavy (non-hydrogen) atoms. The summed E-state index contributed by atoms with van der Waals surface area (Å²) in [6, 6.07) is 4.31. The van der Waals surface area contributed by atoms with Crippen LogP contribution in [0.4, 0.5) is 0 Å². The molecule has 0 aliphatic heterocycles. The highest BCUT2D eigenvalue weighted by molar-refractivity contribution is 6.29. The number of aliphatic hydroxyl groups is 1. The summed E-state index contributed by atoms with van der Waals surface area (Å²) in [6.45, 7) is 0.00736. The second-order valence-electron chi connectivity index (χ2n) is 3.95. The Labute approximate surface area is 92.3 Å². The molecule has 1 aliphatic carbocycles. The van der Waals surface area contributed by atoms with Gasteiger partial charge in [-0.1, -0.05) is 11.6 Å². The van der Waals surface area contributed by atoms with E-state index in [1.807, 2.05) is 12.3 Å². The molecule has 78 valence electrons. The van der Waals surface area contributed by atoms with Gasteiger partial charge in [-0.3, -0.25) is 0 Å². The Hall–Kier alpha value is -1.06. The third kappa shape index (κ3) is 1.43. The lowest BCUT2D eigenvalue weighted by Gasteiger charge is -2.04. The Morgan fingerprint density at radius 1 is 1.53 bits per heavy atom. The smallest absolute Gasteiger partial charge is 0.142 e. The summed E-state index contributed by atoms with van der Waals surface area (Å²) in [4.78, 5) is 4.32. The third-order valence-electron chi connectivity index (χ3n) is 2.85. The van der Waals surface area contributed by atoms with Crippen LogP contribution in [0.5, 0.6) is 0 Å². The summed E-state index contributed by atoms with van der Waals surface area (Å²) in [6.07, 6.45) is 4.46. The first-order valence-electron chi connectivity index (χ1n) is 5.06. The fraction of sp³-hybridized carbons (Fsp3) is 0.364. The maximum Gasteiger partial charge on any atom is 0.142 e. The maximum atomic E-state index is 9.23. The third-order valence-corrected chi connectivity index (χ3v) is 3.04. The van der Waals surface area contributed by atoms with Gasteiger partial charge < -0.3 is 9.67 Å². The van der Waals surface area contributed by atoms with Gasteiger partial charge in [0.15, 0.2) is 0 Å². The van der Waals surface area contributed by atoms with Gasteiger partial charge in [0, 0.05) is 17.6 Å². The van der Waals surface area contributed by atoms with Crippen LogP contribution in [0.15, 0.2) is 18.3 Å². The molecule has 0 unspecified atom stereocenters. The number of hydrogen-bond donors (Lipinski definition) is 1. The van der Waals surface area contributed by atoms with Crippen molar-refractivity contribution in [1.29, 1.82) is 0 Å². The molecule has 4 heteroatoms. The van der Waals surface area contributed by atoms with Gasteiger partial charge >= 0.3 is 0 Å². The second-order valence-corrected chi connectivity index (χ2v) is 4.34. The molecule has 0 amide bonds. The molecule has 3 rings (SSSR count). The maximum absolute atomic E-state index is 9.23. The number of aliphatic hydroxyl groups excluding tert-OH is 1. The van der Waals surface area contributed by atoms with Crippen LogP contribution in [0.2, 0.25) is 5.15 Å². The molecule has 0 aromatic carbocycles. The Morgan fingerprint density at radius 2 is 2.33 bits per heavy atom. The summed E-state index contributed by atoms with van der Waals surface area (Å²) < 4.78 is 2.15. The lowest BCUT2D eigenvalue weighted by atomic mass is 10.2. The van der Waals surface area contributed by atoms with Gasteiger partial charge in [0.1, 0.15) is 10.8 Å². The molecule has 0 atom stereocenters. The highest BCUT2D eigenvalue weighted by Crippen LogP contribution is 2.38. The van der Waals surface area contributed by atoms with Crippen molar-refractivity contribution in [2.24, 2.45) is 0 Å². The van der Waals surface area contributed by atoms with Crippen LogP contribution in [-0.2, 0) is 6.61 Å². The normalized spacial score (nSPS) is 16.1. The zero-order valence-electron chi connectivity index (χ0n) is 8.15. The van der Waals surface area contributed by atoms with Gasteiger partial charge in [0.2, 0.25) is 0 Å². The standard InChI is InChI=1S/C11H11ClN2O/c12-10-5-7(6-15)9-3-4-14(8-1-2-8)11(9)13-10/h3-5,8,15H,1-2,6H2. The van der Waals surface area contributed by atoms with E-state index in [1.165, 1.54) is 12.8 Å². The molecule has 1 N–H and O–H groups in total. The molecule has 0 saturated heterocycles. The molecule has 1 saturated carbocycles.